The molecule has 0 spiro atoms. The smallest absolute Gasteiger partial charge is 0.0623 e. The van der Waals surface area contributed by atoms with E-state index < -0.39 is 0 Å². The minimum atomic E-state index is 0.697. The second-order valence-corrected chi connectivity index (χ2v) is 5.23. The Bertz CT molecular complexity index is 228. The first-order valence-corrected chi connectivity index (χ1v) is 6.70. The van der Waals surface area contributed by atoms with Gasteiger partial charge in [-0.05, 0) is 12.8 Å². The normalized spacial score (nSPS) is 38.2. The van der Waals surface area contributed by atoms with Crippen molar-refractivity contribution in [2.45, 2.75) is 24.9 Å². The van der Waals surface area contributed by atoms with Crippen molar-refractivity contribution >= 4 is 0 Å². The Morgan fingerprint density at radius 2 is 1.75 bits per heavy atom. The zero-order chi connectivity index (χ0) is 10.8. The van der Waals surface area contributed by atoms with Gasteiger partial charge in [0.2, 0.25) is 0 Å². The van der Waals surface area contributed by atoms with Crippen LogP contribution in [0.2, 0.25) is 0 Å². The molecule has 4 nitrogen and oxygen atoms in total. The van der Waals surface area contributed by atoms with Crippen molar-refractivity contribution in [2.75, 3.05) is 52.5 Å². The molecule has 3 fully saturated rings. The minimum absolute atomic E-state index is 0.697. The SMILES string of the molecule is C1CN(C2CCN3CCOCC3C2)CCN1. The minimum Gasteiger partial charge on any atom is -0.378 e. The van der Waals surface area contributed by atoms with Gasteiger partial charge in [0, 0.05) is 51.4 Å². The molecule has 0 radical (unpaired) electrons. The summed E-state index contributed by atoms with van der Waals surface area (Å²) in [4.78, 5) is 5.31. The highest BCUT2D eigenvalue weighted by Crippen LogP contribution is 2.24. The van der Waals surface area contributed by atoms with Crippen molar-refractivity contribution in [3.63, 3.8) is 0 Å². The first-order valence-electron chi connectivity index (χ1n) is 6.70. The van der Waals surface area contributed by atoms with Crippen molar-refractivity contribution in [3.05, 3.63) is 0 Å². The van der Waals surface area contributed by atoms with Gasteiger partial charge in [-0.3, -0.25) is 9.80 Å². The second kappa shape index (κ2) is 5.00. The van der Waals surface area contributed by atoms with Crippen LogP contribution in [0.3, 0.4) is 0 Å². The maximum absolute atomic E-state index is 5.60. The molecule has 2 atom stereocenters. The molecule has 3 aliphatic heterocycles. The van der Waals surface area contributed by atoms with Crippen molar-refractivity contribution in [1.29, 1.82) is 0 Å². The Balaban J connectivity index is 1.57. The maximum atomic E-state index is 5.60. The molecule has 1 N–H and O–H groups in total. The Hall–Kier alpha value is -0.160. The molecule has 0 aliphatic carbocycles. The molecule has 3 rings (SSSR count). The van der Waals surface area contributed by atoms with Crippen LogP contribution in [0.1, 0.15) is 12.8 Å². The lowest BCUT2D eigenvalue weighted by atomic mass is 9.95. The van der Waals surface area contributed by atoms with E-state index in [2.05, 4.69) is 15.1 Å². The summed E-state index contributed by atoms with van der Waals surface area (Å²) in [7, 11) is 0. The van der Waals surface area contributed by atoms with Crippen LogP contribution in [0.25, 0.3) is 0 Å². The fourth-order valence-corrected chi connectivity index (χ4v) is 3.33. The summed E-state index contributed by atoms with van der Waals surface area (Å²) in [6.45, 7) is 9.14. The third kappa shape index (κ3) is 2.25. The van der Waals surface area contributed by atoms with Gasteiger partial charge < -0.3 is 10.1 Å². The van der Waals surface area contributed by atoms with Crippen LogP contribution in [-0.2, 0) is 4.74 Å². The number of fused-ring (bicyclic) bond motifs is 1. The lowest BCUT2D eigenvalue weighted by molar-refractivity contribution is -0.0447. The van der Waals surface area contributed by atoms with Crippen molar-refractivity contribution < 1.29 is 4.74 Å². The largest absolute Gasteiger partial charge is 0.378 e. The molecule has 0 aromatic carbocycles. The highest BCUT2D eigenvalue weighted by Gasteiger charge is 2.33. The fourth-order valence-electron chi connectivity index (χ4n) is 3.33. The Morgan fingerprint density at radius 3 is 2.62 bits per heavy atom. The van der Waals surface area contributed by atoms with Gasteiger partial charge in [-0.15, -0.1) is 0 Å². The molecule has 0 aromatic rings. The summed E-state index contributed by atoms with van der Waals surface area (Å²) in [5.41, 5.74) is 0. The Kier molecular flexibility index (Phi) is 3.43. The van der Waals surface area contributed by atoms with Gasteiger partial charge >= 0.3 is 0 Å². The van der Waals surface area contributed by atoms with Gasteiger partial charge in [0.25, 0.3) is 0 Å². The van der Waals surface area contributed by atoms with E-state index in [1.54, 1.807) is 0 Å². The average Bonchev–Trinajstić information content (AvgIpc) is 2.39. The first kappa shape index (κ1) is 11.0. The van der Waals surface area contributed by atoms with Gasteiger partial charge in [0.05, 0.1) is 13.2 Å². The average molecular weight is 225 g/mol. The molecule has 3 saturated heterocycles. The number of hydrogen-bond acceptors (Lipinski definition) is 4. The maximum Gasteiger partial charge on any atom is 0.0623 e. The van der Waals surface area contributed by atoms with Crippen LogP contribution in [0.5, 0.6) is 0 Å². The molecule has 3 aliphatic rings. The Labute approximate surface area is 97.9 Å². The third-order valence-electron chi connectivity index (χ3n) is 4.31. The number of morpholine rings is 1. The molecule has 0 saturated carbocycles. The highest BCUT2D eigenvalue weighted by molar-refractivity contribution is 4.89. The van der Waals surface area contributed by atoms with Crippen LogP contribution in [0, 0.1) is 0 Å². The van der Waals surface area contributed by atoms with Crippen LogP contribution < -0.4 is 5.32 Å². The molecular weight excluding hydrogens is 202 g/mol. The van der Waals surface area contributed by atoms with Crippen molar-refractivity contribution in [1.82, 2.24) is 15.1 Å². The lowest BCUT2D eigenvalue weighted by Gasteiger charge is -2.46. The van der Waals surface area contributed by atoms with Crippen LogP contribution in [0.4, 0.5) is 0 Å². The monoisotopic (exact) mass is 225 g/mol. The summed E-state index contributed by atoms with van der Waals surface area (Å²) >= 11 is 0. The van der Waals surface area contributed by atoms with E-state index in [-0.39, 0.29) is 0 Å². The predicted octanol–water partition coefficient (Wildman–Crippen LogP) is -0.245. The van der Waals surface area contributed by atoms with Gasteiger partial charge in [0.1, 0.15) is 0 Å². The zero-order valence-corrected chi connectivity index (χ0v) is 10.0. The molecule has 0 bridgehead atoms. The number of piperazine rings is 1. The van der Waals surface area contributed by atoms with Gasteiger partial charge in [-0.2, -0.15) is 0 Å². The van der Waals surface area contributed by atoms with E-state index >= 15 is 0 Å². The van der Waals surface area contributed by atoms with Crippen LogP contribution >= 0.6 is 0 Å². The number of nitrogens with one attached hydrogen (secondary N) is 1. The summed E-state index contributed by atoms with van der Waals surface area (Å²) in [6, 6.07) is 1.51. The summed E-state index contributed by atoms with van der Waals surface area (Å²) < 4.78 is 5.60. The number of ether oxygens (including phenoxy) is 1. The number of piperidine rings is 1. The predicted molar refractivity (Wildman–Crippen MR) is 63.6 cm³/mol. The second-order valence-electron chi connectivity index (χ2n) is 5.23. The number of nitrogens with zero attached hydrogens (tertiary/aromatic N) is 2. The standard InChI is InChI=1S/C12H23N3O/c1-4-14-7-8-16-10-12(14)9-11(1)15-5-2-13-3-6-15/h11-13H,1-10H2. The lowest BCUT2D eigenvalue weighted by Crippen LogP contribution is -2.57. The van der Waals surface area contributed by atoms with Crippen molar-refractivity contribution in [3.8, 4) is 0 Å². The third-order valence-corrected chi connectivity index (χ3v) is 4.31. The number of rotatable bonds is 1. The molecule has 3 heterocycles. The molecule has 0 aromatic heterocycles. The van der Waals surface area contributed by atoms with Crippen LogP contribution in [0.15, 0.2) is 0 Å². The molecule has 16 heavy (non-hydrogen) atoms. The zero-order valence-electron chi connectivity index (χ0n) is 10.0. The number of hydrogen-bond donors (Lipinski definition) is 1. The van der Waals surface area contributed by atoms with Gasteiger partial charge in [-0.25, -0.2) is 0 Å². The van der Waals surface area contributed by atoms with Crippen LogP contribution in [-0.4, -0.2) is 74.4 Å². The van der Waals surface area contributed by atoms with Gasteiger partial charge in [0.15, 0.2) is 0 Å². The summed E-state index contributed by atoms with van der Waals surface area (Å²) in [5.74, 6) is 0. The van der Waals surface area contributed by atoms with E-state index in [4.69, 9.17) is 4.74 Å². The first-order chi connectivity index (χ1) is 7.93. The molecule has 92 valence electrons. The quantitative estimate of drug-likeness (QED) is 0.666. The van der Waals surface area contributed by atoms with E-state index in [1.807, 2.05) is 0 Å². The van der Waals surface area contributed by atoms with Gasteiger partial charge in [-0.1, -0.05) is 0 Å². The molecular formula is C12H23N3O. The van der Waals surface area contributed by atoms with E-state index in [9.17, 15) is 0 Å². The molecule has 0 amide bonds. The topological polar surface area (TPSA) is 27.7 Å². The summed E-state index contributed by atoms with van der Waals surface area (Å²) in [6.07, 6.45) is 2.68. The summed E-state index contributed by atoms with van der Waals surface area (Å²) in [5, 5.41) is 3.43. The fraction of sp³-hybridized carbons (Fsp3) is 1.00. The molecule has 4 heteroatoms. The van der Waals surface area contributed by atoms with E-state index in [0.717, 1.165) is 25.8 Å². The Morgan fingerprint density at radius 1 is 0.938 bits per heavy atom. The molecule has 2 unspecified atom stereocenters. The van der Waals surface area contributed by atoms with E-state index in [0.29, 0.717) is 6.04 Å². The van der Waals surface area contributed by atoms with Crippen molar-refractivity contribution in [2.24, 2.45) is 0 Å². The highest BCUT2D eigenvalue weighted by atomic mass is 16.5. The van der Waals surface area contributed by atoms with E-state index in [1.165, 1.54) is 45.6 Å².